The van der Waals surface area contributed by atoms with Crippen LogP contribution in [0.15, 0.2) is 35.7 Å². The summed E-state index contributed by atoms with van der Waals surface area (Å²) in [6, 6.07) is 8.24. The lowest BCUT2D eigenvalue weighted by molar-refractivity contribution is -0.117. The molecule has 0 radical (unpaired) electrons. The van der Waals surface area contributed by atoms with Gasteiger partial charge in [0.05, 0.1) is 6.54 Å². The van der Waals surface area contributed by atoms with Crippen molar-refractivity contribution < 1.29 is 18.3 Å². The van der Waals surface area contributed by atoms with Gasteiger partial charge in [-0.15, -0.1) is 11.3 Å². The van der Waals surface area contributed by atoms with Crippen molar-refractivity contribution in [3.8, 4) is 5.75 Å². The van der Waals surface area contributed by atoms with Gasteiger partial charge < -0.3 is 10.1 Å². The van der Waals surface area contributed by atoms with E-state index in [1.165, 1.54) is 22.6 Å². The molecule has 0 saturated carbocycles. The number of fused-ring (bicyclic) bond motifs is 1. The molecule has 24 heavy (non-hydrogen) atoms. The van der Waals surface area contributed by atoms with Crippen molar-refractivity contribution in [3.05, 3.63) is 46.2 Å². The molecule has 0 saturated heterocycles. The van der Waals surface area contributed by atoms with Gasteiger partial charge in [0, 0.05) is 23.2 Å². The lowest BCUT2D eigenvalue weighted by Crippen LogP contribution is -2.39. The highest BCUT2D eigenvalue weighted by molar-refractivity contribution is 7.10. The Morgan fingerprint density at radius 2 is 2.12 bits per heavy atom. The molecule has 0 bridgehead atoms. The molecule has 2 aromatic rings. The van der Waals surface area contributed by atoms with E-state index in [0.29, 0.717) is 12.2 Å². The number of carbonyl (C=O) groups excluding carboxylic acids is 1. The molecule has 1 aromatic heterocycles. The number of ether oxygens (including phenoxy) is 1. The molecule has 1 aromatic carbocycles. The zero-order valence-corrected chi connectivity index (χ0v) is 14.0. The van der Waals surface area contributed by atoms with E-state index in [9.17, 15) is 13.6 Å². The van der Waals surface area contributed by atoms with Crippen LogP contribution in [0.4, 0.5) is 14.5 Å². The van der Waals surface area contributed by atoms with E-state index in [2.05, 4.69) is 33.3 Å². The van der Waals surface area contributed by atoms with E-state index in [1.807, 2.05) is 0 Å². The first-order chi connectivity index (χ1) is 11.5. The van der Waals surface area contributed by atoms with Gasteiger partial charge in [-0.05, 0) is 54.6 Å². The maximum absolute atomic E-state index is 12.2. The molecule has 1 amide bonds. The monoisotopic (exact) mass is 352 g/mol. The topological polar surface area (TPSA) is 41.6 Å². The van der Waals surface area contributed by atoms with E-state index < -0.39 is 6.61 Å². The summed E-state index contributed by atoms with van der Waals surface area (Å²) in [5.74, 6) is -0.0549. The second-order valence-corrected chi connectivity index (χ2v) is 6.65. The van der Waals surface area contributed by atoms with Crippen LogP contribution < -0.4 is 10.1 Å². The van der Waals surface area contributed by atoms with Crippen LogP contribution in [0.2, 0.25) is 0 Å². The molecule has 1 aliphatic rings. The Morgan fingerprint density at radius 3 is 2.83 bits per heavy atom. The standard InChI is InChI=1S/C17H18F2N2O2S/c1-11-14-7-9-24-15(14)6-8-21(11)10-16(22)20-12-2-4-13(5-3-12)23-17(18)19/h2-5,7,9,11,17H,6,8,10H2,1H3,(H,20,22)/t11-/m0/s1. The summed E-state index contributed by atoms with van der Waals surface area (Å²) in [7, 11) is 0. The number of nitrogens with zero attached hydrogens (tertiary/aromatic N) is 1. The maximum atomic E-state index is 12.2. The molecule has 4 nitrogen and oxygen atoms in total. The van der Waals surface area contributed by atoms with E-state index in [1.54, 1.807) is 23.5 Å². The van der Waals surface area contributed by atoms with Gasteiger partial charge in [0.2, 0.25) is 5.91 Å². The number of hydrogen-bond acceptors (Lipinski definition) is 4. The number of amides is 1. The number of rotatable bonds is 5. The SMILES string of the molecule is C[C@H]1c2ccsc2CCN1CC(=O)Nc1ccc(OC(F)F)cc1. The molecule has 1 N–H and O–H groups in total. The molecule has 128 valence electrons. The number of hydrogen-bond donors (Lipinski definition) is 1. The van der Waals surface area contributed by atoms with E-state index in [-0.39, 0.29) is 17.7 Å². The number of anilines is 1. The largest absolute Gasteiger partial charge is 0.435 e. The van der Waals surface area contributed by atoms with Crippen LogP contribution in [0, 0.1) is 0 Å². The minimum Gasteiger partial charge on any atom is -0.435 e. The number of thiophene rings is 1. The number of nitrogens with one attached hydrogen (secondary N) is 1. The van der Waals surface area contributed by atoms with E-state index >= 15 is 0 Å². The number of benzene rings is 1. The molecule has 1 aliphatic heterocycles. The zero-order chi connectivity index (χ0) is 17.1. The van der Waals surface area contributed by atoms with Crippen molar-refractivity contribution in [2.45, 2.75) is 26.0 Å². The van der Waals surface area contributed by atoms with Gasteiger partial charge in [-0.25, -0.2) is 0 Å². The summed E-state index contributed by atoms with van der Waals surface area (Å²) in [5.41, 5.74) is 1.86. The Kier molecular flexibility index (Phi) is 5.11. The van der Waals surface area contributed by atoms with Crippen molar-refractivity contribution in [2.24, 2.45) is 0 Å². The summed E-state index contributed by atoms with van der Waals surface area (Å²) < 4.78 is 28.5. The van der Waals surface area contributed by atoms with Gasteiger partial charge >= 0.3 is 6.61 Å². The quantitative estimate of drug-likeness (QED) is 0.887. The lowest BCUT2D eigenvalue weighted by Gasteiger charge is -2.32. The summed E-state index contributed by atoms with van der Waals surface area (Å²) in [4.78, 5) is 15.8. The second-order valence-electron chi connectivity index (χ2n) is 5.65. The zero-order valence-electron chi connectivity index (χ0n) is 13.2. The van der Waals surface area contributed by atoms with Gasteiger partial charge in [0.1, 0.15) is 5.75 Å². The summed E-state index contributed by atoms with van der Waals surface area (Å²) in [6.45, 7) is 0.400. The van der Waals surface area contributed by atoms with Crippen LogP contribution in [0.25, 0.3) is 0 Å². The molecule has 0 fully saturated rings. The second kappa shape index (κ2) is 7.27. The van der Waals surface area contributed by atoms with Gasteiger partial charge in [0.25, 0.3) is 0 Å². The Hall–Kier alpha value is -1.99. The fourth-order valence-electron chi connectivity index (χ4n) is 2.88. The van der Waals surface area contributed by atoms with Gasteiger partial charge in [-0.1, -0.05) is 0 Å². The van der Waals surface area contributed by atoms with Gasteiger partial charge in [-0.3, -0.25) is 9.69 Å². The highest BCUT2D eigenvalue weighted by Crippen LogP contribution is 2.32. The van der Waals surface area contributed by atoms with Crippen molar-refractivity contribution in [2.75, 3.05) is 18.4 Å². The smallest absolute Gasteiger partial charge is 0.387 e. The van der Waals surface area contributed by atoms with Gasteiger partial charge in [-0.2, -0.15) is 8.78 Å². The molecule has 0 spiro atoms. The van der Waals surface area contributed by atoms with Crippen LogP contribution in [0.3, 0.4) is 0 Å². The Labute approximate surface area is 143 Å². The summed E-state index contributed by atoms with van der Waals surface area (Å²) in [6.07, 6.45) is 0.963. The molecule has 2 heterocycles. The molecule has 0 unspecified atom stereocenters. The van der Waals surface area contributed by atoms with E-state index in [0.717, 1.165) is 13.0 Å². The molecular formula is C17H18F2N2O2S. The maximum Gasteiger partial charge on any atom is 0.387 e. The van der Waals surface area contributed by atoms with Crippen LogP contribution in [-0.2, 0) is 11.2 Å². The minimum absolute atomic E-state index is 0.0673. The predicted molar refractivity (Wildman–Crippen MR) is 89.7 cm³/mol. The normalized spacial score (nSPS) is 17.6. The highest BCUT2D eigenvalue weighted by atomic mass is 32.1. The van der Waals surface area contributed by atoms with Crippen molar-refractivity contribution >= 4 is 22.9 Å². The van der Waals surface area contributed by atoms with Crippen LogP contribution in [0.1, 0.15) is 23.4 Å². The third kappa shape index (κ3) is 3.91. The summed E-state index contributed by atoms with van der Waals surface area (Å²) >= 11 is 1.77. The Balaban J connectivity index is 1.56. The lowest BCUT2D eigenvalue weighted by atomic mass is 10.0. The third-order valence-corrected chi connectivity index (χ3v) is 5.11. The molecule has 0 aliphatic carbocycles. The first kappa shape index (κ1) is 16.9. The third-order valence-electron chi connectivity index (χ3n) is 4.11. The molecule has 7 heteroatoms. The minimum atomic E-state index is -2.85. The van der Waals surface area contributed by atoms with Gasteiger partial charge in [0.15, 0.2) is 0 Å². The molecule has 1 atom stereocenters. The molecular weight excluding hydrogens is 334 g/mol. The van der Waals surface area contributed by atoms with Crippen LogP contribution >= 0.6 is 11.3 Å². The Morgan fingerprint density at radius 1 is 1.38 bits per heavy atom. The average molecular weight is 352 g/mol. The van der Waals surface area contributed by atoms with E-state index in [4.69, 9.17) is 0 Å². The molecule has 3 rings (SSSR count). The van der Waals surface area contributed by atoms with Crippen LogP contribution in [0.5, 0.6) is 5.75 Å². The van der Waals surface area contributed by atoms with Crippen molar-refractivity contribution in [1.29, 1.82) is 0 Å². The highest BCUT2D eigenvalue weighted by Gasteiger charge is 2.26. The summed E-state index contributed by atoms with van der Waals surface area (Å²) in [5, 5.41) is 4.88. The number of carbonyl (C=O) groups is 1. The predicted octanol–water partition coefficient (Wildman–Crippen LogP) is 3.91. The number of halogens is 2. The first-order valence-corrected chi connectivity index (χ1v) is 8.56. The average Bonchev–Trinajstić information content (AvgIpc) is 3.01. The van der Waals surface area contributed by atoms with Crippen molar-refractivity contribution in [1.82, 2.24) is 4.90 Å². The number of alkyl halides is 2. The fourth-order valence-corrected chi connectivity index (χ4v) is 3.84. The van der Waals surface area contributed by atoms with Crippen LogP contribution in [-0.4, -0.2) is 30.5 Å². The fraction of sp³-hybridized carbons (Fsp3) is 0.353. The Bertz CT molecular complexity index is 703. The van der Waals surface area contributed by atoms with Crippen molar-refractivity contribution in [3.63, 3.8) is 0 Å². The first-order valence-electron chi connectivity index (χ1n) is 7.68.